The van der Waals surface area contributed by atoms with E-state index >= 15 is 0 Å². The molecule has 0 saturated carbocycles. The average molecular weight is 701 g/mol. The van der Waals surface area contributed by atoms with Crippen LogP contribution in [0.5, 0.6) is 0 Å². The monoisotopic (exact) mass is 700 g/mol. The van der Waals surface area contributed by atoms with Crippen molar-refractivity contribution in [2.75, 3.05) is 9.80 Å². The number of nitrogens with zero attached hydrogens (tertiary/aromatic N) is 2. The standard InChI is InChI=1S/C53H36N2/c1-4-17-37(18-5-1)38-21-16-26-43(33-38)54(41-22-6-2-7-23-41)44-31-32-52-50(36-44)53(48-29-14-15-30-51(48)55(52)42-24-8-3-9-25-42)47-28-13-12-27-45(47)46-34-39-19-10-11-20-40(39)35-49(46)53/h1-36H. The zero-order valence-corrected chi connectivity index (χ0v) is 30.2. The van der Waals surface area contributed by atoms with Gasteiger partial charge >= 0.3 is 0 Å². The van der Waals surface area contributed by atoms with E-state index < -0.39 is 5.41 Å². The topological polar surface area (TPSA) is 6.48 Å². The van der Waals surface area contributed by atoms with Gasteiger partial charge in [-0.1, -0.05) is 146 Å². The van der Waals surface area contributed by atoms with Gasteiger partial charge in [0, 0.05) is 22.7 Å². The van der Waals surface area contributed by atoms with E-state index in [-0.39, 0.29) is 0 Å². The molecule has 1 atom stereocenters. The van der Waals surface area contributed by atoms with Gasteiger partial charge in [-0.2, -0.15) is 0 Å². The molecule has 9 aromatic rings. The molecular weight excluding hydrogens is 665 g/mol. The summed E-state index contributed by atoms with van der Waals surface area (Å²) in [6.07, 6.45) is 0. The van der Waals surface area contributed by atoms with Crippen LogP contribution in [-0.4, -0.2) is 0 Å². The zero-order chi connectivity index (χ0) is 36.3. The molecule has 0 fully saturated rings. The number of benzene rings is 9. The molecule has 11 rings (SSSR count). The fraction of sp³-hybridized carbons (Fsp3) is 0.0189. The van der Waals surface area contributed by atoms with Crippen LogP contribution in [0.2, 0.25) is 0 Å². The van der Waals surface area contributed by atoms with Crippen LogP contribution >= 0.6 is 0 Å². The molecule has 2 nitrogen and oxygen atoms in total. The van der Waals surface area contributed by atoms with Gasteiger partial charge in [-0.25, -0.2) is 0 Å². The van der Waals surface area contributed by atoms with Crippen molar-refractivity contribution in [2.45, 2.75) is 5.41 Å². The van der Waals surface area contributed by atoms with E-state index in [1.54, 1.807) is 0 Å². The van der Waals surface area contributed by atoms with Crippen molar-refractivity contribution in [3.8, 4) is 22.3 Å². The molecule has 1 unspecified atom stereocenters. The molecule has 55 heavy (non-hydrogen) atoms. The average Bonchev–Trinajstić information content (AvgIpc) is 3.54. The van der Waals surface area contributed by atoms with Crippen LogP contribution < -0.4 is 9.80 Å². The summed E-state index contributed by atoms with van der Waals surface area (Å²) in [4.78, 5) is 4.88. The number of hydrogen-bond acceptors (Lipinski definition) is 2. The van der Waals surface area contributed by atoms with E-state index in [2.05, 4.69) is 228 Å². The van der Waals surface area contributed by atoms with Crippen LogP contribution in [0.4, 0.5) is 34.1 Å². The molecule has 9 aromatic carbocycles. The van der Waals surface area contributed by atoms with Gasteiger partial charge < -0.3 is 9.80 Å². The third-order valence-corrected chi connectivity index (χ3v) is 11.6. The summed E-state index contributed by atoms with van der Waals surface area (Å²) in [5, 5.41) is 2.50. The first-order valence-corrected chi connectivity index (χ1v) is 19.0. The molecule has 1 heterocycles. The maximum absolute atomic E-state index is 2.48. The Labute approximate surface area is 321 Å². The maximum Gasteiger partial charge on any atom is 0.0755 e. The van der Waals surface area contributed by atoms with E-state index in [1.807, 2.05) is 0 Å². The first-order chi connectivity index (χ1) is 27.3. The van der Waals surface area contributed by atoms with Crippen molar-refractivity contribution in [3.63, 3.8) is 0 Å². The fourth-order valence-electron chi connectivity index (χ4n) is 9.30. The fourth-order valence-corrected chi connectivity index (χ4v) is 9.30. The number of fused-ring (bicyclic) bond motifs is 10. The van der Waals surface area contributed by atoms with Crippen molar-refractivity contribution < 1.29 is 0 Å². The van der Waals surface area contributed by atoms with Crippen LogP contribution in [0.25, 0.3) is 33.0 Å². The summed E-state index contributed by atoms with van der Waals surface area (Å²) in [5.41, 5.74) is 16.4. The lowest BCUT2D eigenvalue weighted by Crippen LogP contribution is -2.36. The Kier molecular flexibility index (Phi) is 7.11. The summed E-state index contributed by atoms with van der Waals surface area (Å²) in [7, 11) is 0. The number of anilines is 6. The number of para-hydroxylation sites is 3. The predicted molar refractivity (Wildman–Crippen MR) is 230 cm³/mol. The molecular formula is C53H36N2. The molecule has 1 spiro atoms. The Morgan fingerprint density at radius 2 is 0.909 bits per heavy atom. The molecule has 0 bridgehead atoms. The van der Waals surface area contributed by atoms with Crippen molar-refractivity contribution in [1.29, 1.82) is 0 Å². The molecule has 1 aliphatic carbocycles. The van der Waals surface area contributed by atoms with Gasteiger partial charge in [0.15, 0.2) is 0 Å². The second-order valence-electron chi connectivity index (χ2n) is 14.5. The molecule has 2 aliphatic rings. The Morgan fingerprint density at radius 3 is 1.71 bits per heavy atom. The van der Waals surface area contributed by atoms with Gasteiger partial charge in [-0.15, -0.1) is 0 Å². The van der Waals surface area contributed by atoms with Crippen LogP contribution in [0.3, 0.4) is 0 Å². The van der Waals surface area contributed by atoms with E-state index in [9.17, 15) is 0 Å². The molecule has 0 saturated heterocycles. The highest BCUT2D eigenvalue weighted by molar-refractivity contribution is 6.00. The lowest BCUT2D eigenvalue weighted by atomic mass is 9.64. The highest BCUT2D eigenvalue weighted by Crippen LogP contribution is 2.64. The first kappa shape index (κ1) is 31.4. The lowest BCUT2D eigenvalue weighted by molar-refractivity contribution is 0.753. The van der Waals surface area contributed by atoms with E-state index in [0.717, 1.165) is 22.7 Å². The van der Waals surface area contributed by atoms with Crippen molar-refractivity contribution in [3.05, 3.63) is 241 Å². The van der Waals surface area contributed by atoms with Gasteiger partial charge in [0.2, 0.25) is 0 Å². The lowest BCUT2D eigenvalue weighted by Gasteiger charge is -2.45. The van der Waals surface area contributed by atoms with E-state index in [0.29, 0.717) is 0 Å². The summed E-state index contributed by atoms with van der Waals surface area (Å²) in [6, 6.07) is 80.1. The number of rotatable bonds is 5. The second-order valence-corrected chi connectivity index (χ2v) is 14.5. The highest BCUT2D eigenvalue weighted by atomic mass is 15.2. The highest BCUT2D eigenvalue weighted by Gasteiger charge is 2.52. The van der Waals surface area contributed by atoms with Gasteiger partial charge in [-0.05, 0) is 128 Å². The summed E-state index contributed by atoms with van der Waals surface area (Å²) in [6.45, 7) is 0. The van der Waals surface area contributed by atoms with Crippen LogP contribution in [-0.2, 0) is 5.41 Å². The van der Waals surface area contributed by atoms with Gasteiger partial charge in [0.1, 0.15) is 0 Å². The smallest absolute Gasteiger partial charge is 0.0755 e. The molecule has 258 valence electrons. The van der Waals surface area contributed by atoms with E-state index in [1.165, 1.54) is 66.7 Å². The zero-order valence-electron chi connectivity index (χ0n) is 30.2. The largest absolute Gasteiger partial charge is 0.310 e. The number of hydrogen-bond donors (Lipinski definition) is 0. The van der Waals surface area contributed by atoms with Crippen molar-refractivity contribution in [2.24, 2.45) is 0 Å². The minimum atomic E-state index is -0.572. The normalized spacial score (nSPS) is 14.9. The van der Waals surface area contributed by atoms with Crippen LogP contribution in [0.1, 0.15) is 22.3 Å². The molecule has 2 heteroatoms. The summed E-state index contributed by atoms with van der Waals surface area (Å²) < 4.78 is 0. The van der Waals surface area contributed by atoms with Gasteiger partial charge in [0.05, 0.1) is 16.8 Å². The Morgan fingerprint density at radius 1 is 0.327 bits per heavy atom. The van der Waals surface area contributed by atoms with Crippen LogP contribution in [0, 0.1) is 0 Å². The molecule has 0 radical (unpaired) electrons. The third kappa shape index (κ3) is 4.75. The second kappa shape index (κ2) is 12.5. The molecule has 0 aromatic heterocycles. The predicted octanol–water partition coefficient (Wildman–Crippen LogP) is 14.1. The minimum Gasteiger partial charge on any atom is -0.310 e. The SMILES string of the molecule is c1ccc(-c2cccc(N(c3ccccc3)c3ccc4c(c3)C3(c5ccccc5-c5cc6ccccc6cc53)c3ccccc3N4c3ccccc3)c2)cc1. The minimum absolute atomic E-state index is 0.572. The molecule has 0 amide bonds. The van der Waals surface area contributed by atoms with E-state index in [4.69, 9.17) is 0 Å². The van der Waals surface area contributed by atoms with Gasteiger partial charge in [-0.3, -0.25) is 0 Å². The molecule has 1 aliphatic heterocycles. The van der Waals surface area contributed by atoms with Gasteiger partial charge in [0.25, 0.3) is 0 Å². The summed E-state index contributed by atoms with van der Waals surface area (Å²) in [5.74, 6) is 0. The summed E-state index contributed by atoms with van der Waals surface area (Å²) >= 11 is 0. The Hall–Kier alpha value is -7.16. The molecule has 0 N–H and O–H groups in total. The Bertz CT molecular complexity index is 2880. The van der Waals surface area contributed by atoms with Crippen molar-refractivity contribution >= 4 is 44.9 Å². The maximum atomic E-state index is 2.48. The third-order valence-electron chi connectivity index (χ3n) is 11.6. The first-order valence-electron chi connectivity index (χ1n) is 19.0. The van der Waals surface area contributed by atoms with Crippen molar-refractivity contribution in [1.82, 2.24) is 0 Å². The van der Waals surface area contributed by atoms with Crippen LogP contribution in [0.15, 0.2) is 218 Å². The quantitative estimate of drug-likeness (QED) is 0.176. The Balaban J connectivity index is 1.24.